The number of halogens is 3. The van der Waals surface area contributed by atoms with E-state index in [-0.39, 0.29) is 5.91 Å². The van der Waals surface area contributed by atoms with Crippen molar-refractivity contribution in [3.8, 4) is 17.1 Å². The molecule has 2 heterocycles. The summed E-state index contributed by atoms with van der Waals surface area (Å²) < 4.78 is 49.0. The van der Waals surface area contributed by atoms with Crippen LogP contribution in [-0.2, 0) is 17.5 Å². The summed E-state index contributed by atoms with van der Waals surface area (Å²) in [5.74, 6) is 1.47. The van der Waals surface area contributed by atoms with Crippen LogP contribution >= 0.6 is 0 Å². The van der Waals surface area contributed by atoms with Gasteiger partial charge in [-0.05, 0) is 48.0 Å². The molecule has 4 rings (SSSR count). The SMILES string of the molecule is COc1ccc(-c2noc(CN3CCN(C(=O)C=Cc4cccc(C(F)(F)F)c4)CC3)n2)cc1. The Kier molecular flexibility index (Phi) is 6.97. The first-order valence-corrected chi connectivity index (χ1v) is 10.7. The number of hydrogen-bond acceptors (Lipinski definition) is 6. The van der Waals surface area contributed by atoms with Gasteiger partial charge in [-0.15, -0.1) is 0 Å². The Morgan fingerprint density at radius 2 is 1.85 bits per heavy atom. The molecule has 3 aromatic rings. The highest BCUT2D eigenvalue weighted by molar-refractivity contribution is 5.91. The number of carbonyl (C=O) groups is 1. The van der Waals surface area contributed by atoms with E-state index in [4.69, 9.17) is 9.26 Å². The summed E-state index contributed by atoms with van der Waals surface area (Å²) in [5, 5.41) is 4.03. The van der Waals surface area contributed by atoms with Gasteiger partial charge in [-0.25, -0.2) is 0 Å². The van der Waals surface area contributed by atoms with Crippen LogP contribution in [0.1, 0.15) is 17.0 Å². The van der Waals surface area contributed by atoms with E-state index in [0.29, 0.717) is 50.0 Å². The molecule has 1 aliphatic heterocycles. The van der Waals surface area contributed by atoms with Gasteiger partial charge in [0.1, 0.15) is 5.75 Å². The lowest BCUT2D eigenvalue weighted by Gasteiger charge is -2.33. The van der Waals surface area contributed by atoms with Gasteiger partial charge in [0, 0.05) is 37.8 Å². The van der Waals surface area contributed by atoms with Gasteiger partial charge in [-0.2, -0.15) is 18.2 Å². The lowest BCUT2D eigenvalue weighted by atomic mass is 10.1. The molecule has 0 spiro atoms. The highest BCUT2D eigenvalue weighted by Gasteiger charge is 2.30. The molecule has 1 amide bonds. The first kappa shape index (κ1) is 23.5. The van der Waals surface area contributed by atoms with Gasteiger partial charge >= 0.3 is 6.18 Å². The number of benzene rings is 2. The van der Waals surface area contributed by atoms with E-state index in [1.165, 1.54) is 24.3 Å². The van der Waals surface area contributed by atoms with E-state index < -0.39 is 11.7 Å². The molecule has 0 saturated carbocycles. The van der Waals surface area contributed by atoms with Crippen molar-refractivity contribution in [3.63, 3.8) is 0 Å². The van der Waals surface area contributed by atoms with Crippen LogP contribution in [0.5, 0.6) is 5.75 Å². The zero-order chi connectivity index (χ0) is 24.1. The number of nitrogens with zero attached hydrogens (tertiary/aromatic N) is 4. The van der Waals surface area contributed by atoms with Crippen LogP contribution in [0.15, 0.2) is 59.1 Å². The first-order valence-electron chi connectivity index (χ1n) is 10.7. The van der Waals surface area contributed by atoms with Gasteiger partial charge in [0.05, 0.1) is 19.2 Å². The highest BCUT2D eigenvalue weighted by Crippen LogP contribution is 2.29. The Balaban J connectivity index is 1.28. The smallest absolute Gasteiger partial charge is 0.416 e. The lowest BCUT2D eigenvalue weighted by molar-refractivity contribution is -0.137. The highest BCUT2D eigenvalue weighted by atomic mass is 19.4. The Hall–Kier alpha value is -3.66. The van der Waals surface area contributed by atoms with Crippen molar-refractivity contribution in [1.82, 2.24) is 19.9 Å². The van der Waals surface area contributed by atoms with E-state index in [0.717, 1.165) is 23.4 Å². The number of hydrogen-bond donors (Lipinski definition) is 0. The topological polar surface area (TPSA) is 71.7 Å². The van der Waals surface area contributed by atoms with Crippen LogP contribution in [0.3, 0.4) is 0 Å². The quantitative estimate of drug-likeness (QED) is 0.503. The number of carbonyl (C=O) groups excluding carboxylic acids is 1. The summed E-state index contributed by atoms with van der Waals surface area (Å²) in [7, 11) is 1.60. The van der Waals surface area contributed by atoms with E-state index in [1.54, 1.807) is 12.0 Å². The fourth-order valence-electron chi connectivity index (χ4n) is 3.59. The summed E-state index contributed by atoms with van der Waals surface area (Å²) in [6.07, 6.45) is -1.70. The van der Waals surface area contributed by atoms with E-state index in [1.807, 2.05) is 24.3 Å². The minimum atomic E-state index is -4.42. The largest absolute Gasteiger partial charge is 0.497 e. The number of rotatable bonds is 6. The van der Waals surface area contributed by atoms with E-state index >= 15 is 0 Å². The van der Waals surface area contributed by atoms with Crippen molar-refractivity contribution in [2.45, 2.75) is 12.7 Å². The average Bonchev–Trinajstić information content (AvgIpc) is 3.31. The Labute approximate surface area is 194 Å². The van der Waals surface area contributed by atoms with Crippen molar-refractivity contribution < 1.29 is 27.2 Å². The molecule has 0 unspecified atom stereocenters. The monoisotopic (exact) mass is 472 g/mol. The number of aromatic nitrogens is 2. The van der Waals surface area contributed by atoms with Crippen LogP contribution in [0.4, 0.5) is 13.2 Å². The Morgan fingerprint density at radius 1 is 1.12 bits per heavy atom. The van der Waals surface area contributed by atoms with Gasteiger partial charge in [0.25, 0.3) is 0 Å². The number of methoxy groups -OCH3 is 1. The van der Waals surface area contributed by atoms with Crippen molar-refractivity contribution in [1.29, 1.82) is 0 Å². The summed E-state index contributed by atoms with van der Waals surface area (Å²) in [6, 6.07) is 12.2. The third-order valence-corrected chi connectivity index (χ3v) is 5.49. The molecule has 1 aromatic heterocycles. The van der Waals surface area contributed by atoms with Gasteiger partial charge < -0.3 is 14.2 Å². The minimum absolute atomic E-state index is 0.239. The van der Waals surface area contributed by atoms with Crippen molar-refractivity contribution in [3.05, 3.63) is 71.6 Å². The third kappa shape index (κ3) is 5.82. The first-order chi connectivity index (χ1) is 16.3. The molecule has 0 radical (unpaired) electrons. The molecule has 34 heavy (non-hydrogen) atoms. The van der Waals surface area contributed by atoms with Gasteiger partial charge in [0.15, 0.2) is 0 Å². The number of ether oxygens (including phenoxy) is 1. The van der Waals surface area contributed by atoms with E-state index in [2.05, 4.69) is 15.0 Å². The van der Waals surface area contributed by atoms with Crippen molar-refractivity contribution in [2.75, 3.05) is 33.3 Å². The normalized spacial score (nSPS) is 15.1. The summed E-state index contributed by atoms with van der Waals surface area (Å²) >= 11 is 0. The molecule has 0 aliphatic carbocycles. The maximum atomic E-state index is 12.8. The minimum Gasteiger partial charge on any atom is -0.497 e. The maximum absolute atomic E-state index is 12.8. The van der Waals surface area contributed by atoms with Crippen molar-refractivity contribution >= 4 is 12.0 Å². The second kappa shape index (κ2) is 10.1. The number of amides is 1. The van der Waals surface area contributed by atoms with Crippen LogP contribution in [0.25, 0.3) is 17.5 Å². The molecule has 0 bridgehead atoms. The zero-order valence-corrected chi connectivity index (χ0v) is 18.5. The molecule has 1 fully saturated rings. The zero-order valence-electron chi connectivity index (χ0n) is 18.5. The van der Waals surface area contributed by atoms with Crippen LogP contribution < -0.4 is 4.74 Å². The predicted molar refractivity (Wildman–Crippen MR) is 119 cm³/mol. The van der Waals surface area contributed by atoms with Gasteiger partial charge in [-0.3, -0.25) is 9.69 Å². The fourth-order valence-corrected chi connectivity index (χ4v) is 3.59. The summed E-state index contributed by atoms with van der Waals surface area (Å²) in [4.78, 5) is 20.7. The summed E-state index contributed by atoms with van der Waals surface area (Å²) in [6.45, 7) is 2.68. The lowest BCUT2D eigenvalue weighted by Crippen LogP contribution is -2.47. The molecular weight excluding hydrogens is 449 g/mol. The molecule has 2 aromatic carbocycles. The molecule has 1 aliphatic rings. The molecule has 178 valence electrons. The molecule has 1 saturated heterocycles. The second-order valence-electron chi connectivity index (χ2n) is 7.80. The molecule has 0 N–H and O–H groups in total. The number of piperazine rings is 1. The standard InChI is InChI=1S/C24H23F3N4O3/c1-33-20-8-6-18(7-9-20)23-28-21(34-29-23)16-30-11-13-31(14-12-30)22(32)10-5-17-3-2-4-19(15-17)24(25,26)27/h2-10,15H,11-14,16H2,1H3. The van der Waals surface area contributed by atoms with Gasteiger partial charge in [-0.1, -0.05) is 17.3 Å². The van der Waals surface area contributed by atoms with E-state index in [9.17, 15) is 18.0 Å². The average molecular weight is 472 g/mol. The van der Waals surface area contributed by atoms with Crippen LogP contribution in [0.2, 0.25) is 0 Å². The van der Waals surface area contributed by atoms with Crippen LogP contribution in [-0.4, -0.2) is 59.1 Å². The molecular formula is C24H23F3N4O3. The second-order valence-corrected chi connectivity index (χ2v) is 7.80. The summed E-state index contributed by atoms with van der Waals surface area (Å²) in [5.41, 5.74) is 0.400. The Bertz CT molecular complexity index is 1150. The number of alkyl halides is 3. The molecule has 7 nitrogen and oxygen atoms in total. The maximum Gasteiger partial charge on any atom is 0.416 e. The van der Waals surface area contributed by atoms with Crippen LogP contribution in [0, 0.1) is 0 Å². The third-order valence-electron chi connectivity index (χ3n) is 5.49. The van der Waals surface area contributed by atoms with Gasteiger partial charge in [0.2, 0.25) is 17.6 Å². The predicted octanol–water partition coefficient (Wildman–Crippen LogP) is 4.12. The molecule has 0 atom stereocenters. The molecule has 10 heteroatoms. The fraction of sp³-hybridized carbons (Fsp3) is 0.292. The Morgan fingerprint density at radius 3 is 2.53 bits per heavy atom. The van der Waals surface area contributed by atoms with Crippen molar-refractivity contribution in [2.24, 2.45) is 0 Å².